The van der Waals surface area contributed by atoms with Crippen LogP contribution in [0.4, 0.5) is 0 Å². The summed E-state index contributed by atoms with van der Waals surface area (Å²) in [6.07, 6.45) is 3.09. The number of amides is 1. The Balaban J connectivity index is 2.00. The predicted octanol–water partition coefficient (Wildman–Crippen LogP) is 0.873. The van der Waals surface area contributed by atoms with E-state index < -0.39 is 17.9 Å². The summed E-state index contributed by atoms with van der Waals surface area (Å²) in [6, 6.07) is 2.30. The Labute approximate surface area is 86.1 Å². The van der Waals surface area contributed by atoms with Crippen LogP contribution in [0.2, 0.25) is 0 Å². The first-order valence-electron chi connectivity index (χ1n) is 4.75. The highest BCUT2D eigenvalue weighted by molar-refractivity contribution is 5.94. The van der Waals surface area contributed by atoms with Crippen LogP contribution in [0.3, 0.4) is 0 Å². The Morgan fingerprint density at radius 1 is 1.53 bits per heavy atom. The van der Waals surface area contributed by atoms with E-state index in [1.165, 1.54) is 12.3 Å². The molecule has 0 saturated heterocycles. The molecule has 1 heterocycles. The van der Waals surface area contributed by atoms with Gasteiger partial charge in [0.1, 0.15) is 6.04 Å². The topological polar surface area (TPSA) is 79.5 Å². The lowest BCUT2D eigenvalue weighted by molar-refractivity contribution is -0.139. The Bertz CT molecular complexity index is 367. The molecule has 1 amide bonds. The zero-order valence-corrected chi connectivity index (χ0v) is 7.97. The third kappa shape index (κ3) is 2.18. The summed E-state index contributed by atoms with van der Waals surface area (Å²) in [5.74, 6) is -1.25. The lowest BCUT2D eigenvalue weighted by atomic mass is 10.2. The van der Waals surface area contributed by atoms with Gasteiger partial charge < -0.3 is 14.8 Å². The first-order valence-corrected chi connectivity index (χ1v) is 4.75. The van der Waals surface area contributed by atoms with Crippen molar-refractivity contribution >= 4 is 11.9 Å². The number of hydrogen-bond acceptors (Lipinski definition) is 3. The molecule has 1 fully saturated rings. The molecule has 5 heteroatoms. The molecule has 1 aliphatic rings. The highest BCUT2D eigenvalue weighted by atomic mass is 16.4. The third-order valence-electron chi connectivity index (χ3n) is 2.39. The van der Waals surface area contributed by atoms with Crippen LogP contribution in [0.5, 0.6) is 0 Å². The Morgan fingerprint density at radius 2 is 2.27 bits per heavy atom. The Kier molecular flexibility index (Phi) is 2.45. The Morgan fingerprint density at radius 3 is 2.73 bits per heavy atom. The van der Waals surface area contributed by atoms with Crippen molar-refractivity contribution in [2.45, 2.75) is 18.9 Å². The van der Waals surface area contributed by atoms with Gasteiger partial charge >= 0.3 is 5.97 Å². The van der Waals surface area contributed by atoms with Crippen LogP contribution < -0.4 is 5.32 Å². The minimum atomic E-state index is -0.989. The summed E-state index contributed by atoms with van der Waals surface area (Å²) < 4.78 is 4.87. The molecule has 0 spiro atoms. The quantitative estimate of drug-likeness (QED) is 0.771. The summed E-state index contributed by atoms with van der Waals surface area (Å²) in [4.78, 5) is 22.3. The smallest absolute Gasteiger partial charge is 0.326 e. The molecule has 1 aliphatic carbocycles. The molecule has 0 bridgehead atoms. The van der Waals surface area contributed by atoms with Crippen molar-refractivity contribution in [3.05, 3.63) is 24.2 Å². The monoisotopic (exact) mass is 209 g/mol. The van der Waals surface area contributed by atoms with Gasteiger partial charge in [0.05, 0.1) is 6.26 Å². The van der Waals surface area contributed by atoms with Gasteiger partial charge in [-0.05, 0) is 30.9 Å². The van der Waals surface area contributed by atoms with Crippen LogP contribution >= 0.6 is 0 Å². The Hall–Kier alpha value is -1.78. The van der Waals surface area contributed by atoms with E-state index in [0.717, 1.165) is 12.8 Å². The molecule has 1 unspecified atom stereocenters. The fourth-order valence-electron chi connectivity index (χ4n) is 1.43. The van der Waals surface area contributed by atoms with Gasteiger partial charge in [-0.3, -0.25) is 4.79 Å². The number of carbonyl (C=O) groups is 2. The van der Waals surface area contributed by atoms with Crippen molar-refractivity contribution in [1.29, 1.82) is 0 Å². The van der Waals surface area contributed by atoms with E-state index in [0.29, 0.717) is 0 Å². The molecule has 1 saturated carbocycles. The minimum absolute atomic E-state index is 0.0708. The second-order valence-electron chi connectivity index (χ2n) is 3.60. The maximum atomic E-state index is 11.5. The van der Waals surface area contributed by atoms with Gasteiger partial charge in [-0.2, -0.15) is 0 Å². The van der Waals surface area contributed by atoms with Crippen molar-refractivity contribution in [3.63, 3.8) is 0 Å². The van der Waals surface area contributed by atoms with E-state index in [-0.39, 0.29) is 11.7 Å². The molecule has 1 aromatic heterocycles. The van der Waals surface area contributed by atoms with Crippen LogP contribution in [0, 0.1) is 5.92 Å². The first kappa shape index (κ1) is 9.76. The van der Waals surface area contributed by atoms with E-state index in [4.69, 9.17) is 9.52 Å². The molecule has 2 rings (SSSR count). The van der Waals surface area contributed by atoms with Gasteiger partial charge in [0, 0.05) is 0 Å². The van der Waals surface area contributed by atoms with Crippen molar-refractivity contribution in [2.75, 3.05) is 0 Å². The van der Waals surface area contributed by atoms with Gasteiger partial charge in [-0.1, -0.05) is 0 Å². The van der Waals surface area contributed by atoms with Gasteiger partial charge in [0.25, 0.3) is 5.91 Å². The van der Waals surface area contributed by atoms with E-state index in [1.54, 1.807) is 6.07 Å². The van der Waals surface area contributed by atoms with E-state index in [2.05, 4.69) is 5.32 Å². The largest absolute Gasteiger partial charge is 0.480 e. The summed E-state index contributed by atoms with van der Waals surface area (Å²) in [7, 11) is 0. The number of nitrogens with one attached hydrogen (secondary N) is 1. The number of carboxylic acid groups (broad SMARTS) is 1. The number of rotatable bonds is 4. The summed E-state index contributed by atoms with van der Waals surface area (Å²) in [6.45, 7) is 0. The van der Waals surface area contributed by atoms with Crippen molar-refractivity contribution < 1.29 is 19.1 Å². The first-order chi connectivity index (χ1) is 7.18. The van der Waals surface area contributed by atoms with Crippen LogP contribution in [0.1, 0.15) is 23.4 Å². The second kappa shape index (κ2) is 3.76. The molecule has 80 valence electrons. The molecular formula is C10H11NO4. The standard InChI is InChI=1S/C10H11NO4/c12-9(7-2-1-5-15-7)11-8(10(13)14)6-3-4-6/h1-2,5-6,8H,3-4H2,(H,11,12)(H,13,14). The predicted molar refractivity (Wildman–Crippen MR) is 50.3 cm³/mol. The van der Waals surface area contributed by atoms with Gasteiger partial charge in [-0.15, -0.1) is 0 Å². The van der Waals surface area contributed by atoms with Crippen LogP contribution in [-0.2, 0) is 4.79 Å². The number of hydrogen-bond donors (Lipinski definition) is 2. The molecule has 0 aliphatic heterocycles. The molecule has 0 aromatic carbocycles. The normalized spacial score (nSPS) is 17.1. The number of carbonyl (C=O) groups excluding carboxylic acids is 1. The lowest BCUT2D eigenvalue weighted by Crippen LogP contribution is -2.42. The average Bonchev–Trinajstić information content (AvgIpc) is 2.87. The summed E-state index contributed by atoms with van der Waals surface area (Å²) in [5, 5.41) is 11.3. The maximum Gasteiger partial charge on any atom is 0.326 e. The molecule has 5 nitrogen and oxygen atoms in total. The van der Waals surface area contributed by atoms with Crippen LogP contribution in [-0.4, -0.2) is 23.0 Å². The molecule has 1 atom stereocenters. The SMILES string of the molecule is O=C(NC(C(=O)O)C1CC1)c1ccco1. The zero-order valence-electron chi connectivity index (χ0n) is 7.97. The lowest BCUT2D eigenvalue weighted by Gasteiger charge is -2.11. The molecular weight excluding hydrogens is 198 g/mol. The van der Waals surface area contributed by atoms with Gasteiger partial charge in [-0.25, -0.2) is 4.79 Å². The van der Waals surface area contributed by atoms with Gasteiger partial charge in [0.2, 0.25) is 0 Å². The van der Waals surface area contributed by atoms with Crippen LogP contribution in [0.25, 0.3) is 0 Å². The molecule has 2 N–H and O–H groups in total. The average molecular weight is 209 g/mol. The van der Waals surface area contributed by atoms with Crippen LogP contribution in [0.15, 0.2) is 22.8 Å². The number of furan rings is 1. The molecule has 15 heavy (non-hydrogen) atoms. The van der Waals surface area contributed by atoms with E-state index in [1.807, 2.05) is 0 Å². The zero-order chi connectivity index (χ0) is 10.8. The van der Waals surface area contributed by atoms with Crippen molar-refractivity contribution in [3.8, 4) is 0 Å². The summed E-state index contributed by atoms with van der Waals surface area (Å²) in [5.41, 5.74) is 0. The minimum Gasteiger partial charge on any atom is -0.480 e. The summed E-state index contributed by atoms with van der Waals surface area (Å²) >= 11 is 0. The number of carboxylic acids is 1. The highest BCUT2D eigenvalue weighted by Gasteiger charge is 2.37. The van der Waals surface area contributed by atoms with Crippen molar-refractivity contribution in [2.24, 2.45) is 5.92 Å². The third-order valence-corrected chi connectivity index (χ3v) is 2.39. The second-order valence-corrected chi connectivity index (χ2v) is 3.60. The maximum absolute atomic E-state index is 11.5. The van der Waals surface area contributed by atoms with E-state index >= 15 is 0 Å². The molecule has 1 aromatic rings. The number of aliphatic carboxylic acids is 1. The van der Waals surface area contributed by atoms with Crippen molar-refractivity contribution in [1.82, 2.24) is 5.32 Å². The van der Waals surface area contributed by atoms with E-state index in [9.17, 15) is 9.59 Å². The van der Waals surface area contributed by atoms with Gasteiger partial charge in [0.15, 0.2) is 5.76 Å². The highest BCUT2D eigenvalue weighted by Crippen LogP contribution is 2.32. The fourth-order valence-corrected chi connectivity index (χ4v) is 1.43. The fraction of sp³-hybridized carbons (Fsp3) is 0.400. The molecule has 0 radical (unpaired) electrons.